The van der Waals surface area contributed by atoms with Gasteiger partial charge in [-0.05, 0) is 17.7 Å². The fourth-order valence-corrected chi connectivity index (χ4v) is 7.85. The number of carbonyl (C=O) groups excluding carboxylic acids is 9. The number of primary amides is 2. The normalized spacial score (nSPS) is 26.3. The Kier molecular flexibility index (Phi) is 17.7. The van der Waals surface area contributed by atoms with E-state index < -0.39 is 158 Å². The number of nitrogens with one attached hydrogen (secondary N) is 6. The number of nitrogens with two attached hydrogens (primary N) is 3. The Bertz CT molecular complexity index is 1830. The van der Waals surface area contributed by atoms with Crippen LogP contribution in [0.1, 0.15) is 24.8 Å². The average molecular weight is 879 g/mol. The van der Waals surface area contributed by atoms with Gasteiger partial charge in [-0.25, -0.2) is 13.2 Å². The van der Waals surface area contributed by atoms with Crippen LogP contribution in [0.2, 0.25) is 0 Å². The highest BCUT2D eigenvalue weighted by molar-refractivity contribution is 8.76. The number of fused-ring (bicyclic) bond motifs is 1. The van der Waals surface area contributed by atoms with Gasteiger partial charge in [0.05, 0.1) is 38.1 Å². The van der Waals surface area contributed by atoms with E-state index in [9.17, 15) is 71.3 Å². The summed E-state index contributed by atoms with van der Waals surface area (Å²) in [5, 5.41) is 32.8. The molecule has 1 aromatic carbocycles. The predicted octanol–water partition coefficient (Wildman–Crippen LogP) is -5.66. The Labute approximate surface area is 339 Å². The van der Waals surface area contributed by atoms with Crippen molar-refractivity contribution in [2.45, 2.75) is 68.0 Å². The second-order valence-electron chi connectivity index (χ2n) is 13.1. The lowest BCUT2D eigenvalue weighted by Gasteiger charge is -2.27. The summed E-state index contributed by atoms with van der Waals surface area (Å²) in [7, 11) is 1.79. The summed E-state index contributed by atoms with van der Waals surface area (Å²) in [6.45, 7) is -2.35. The summed E-state index contributed by atoms with van der Waals surface area (Å²) in [4.78, 5) is 128. The number of nitrogens with zero attached hydrogens (tertiary/aromatic N) is 1. The summed E-state index contributed by atoms with van der Waals surface area (Å²) in [6, 6.07) is -8.59. The van der Waals surface area contributed by atoms with Crippen LogP contribution in [0.4, 0.5) is 13.2 Å². The van der Waals surface area contributed by atoms with E-state index in [4.69, 9.17) is 17.2 Å². The smallest absolute Gasteiger partial charge is 0.305 e. The van der Waals surface area contributed by atoms with Crippen LogP contribution in [0, 0.1) is 17.5 Å². The van der Waals surface area contributed by atoms with Gasteiger partial charge in [-0.1, -0.05) is 21.6 Å². The molecule has 2 saturated heterocycles. The third kappa shape index (κ3) is 14.6. The van der Waals surface area contributed by atoms with Crippen LogP contribution < -0.4 is 49.1 Å². The van der Waals surface area contributed by atoms with Crippen LogP contribution in [0.5, 0.6) is 0 Å². The second-order valence-corrected chi connectivity index (χ2v) is 15.7. The maximum Gasteiger partial charge on any atom is 0.305 e. The van der Waals surface area contributed by atoms with Crippen LogP contribution in [0.3, 0.4) is 0 Å². The molecule has 2 heterocycles. The van der Waals surface area contributed by atoms with Crippen molar-refractivity contribution in [2.75, 3.05) is 31.1 Å². The second kappa shape index (κ2) is 21.9. The molecule has 0 unspecified atom stereocenters. The van der Waals surface area contributed by atoms with Crippen LogP contribution in [0.15, 0.2) is 12.1 Å². The summed E-state index contributed by atoms with van der Waals surface area (Å²) in [6.07, 6.45) is -4.19. The van der Waals surface area contributed by atoms with E-state index in [0.717, 1.165) is 26.5 Å². The topological polar surface area (TPSA) is 365 Å². The van der Waals surface area contributed by atoms with Crippen molar-refractivity contribution in [2.24, 2.45) is 17.2 Å². The van der Waals surface area contributed by atoms with Gasteiger partial charge in [-0.3, -0.25) is 47.9 Å². The number of rotatable bonds is 7. The zero-order valence-corrected chi connectivity index (χ0v) is 32.3. The molecule has 0 aromatic heterocycles. The van der Waals surface area contributed by atoms with E-state index in [1.54, 1.807) is 0 Å². The molecular weight excluding hydrogens is 838 g/mol. The van der Waals surface area contributed by atoms with Crippen LogP contribution in [-0.4, -0.2) is 148 Å². The average Bonchev–Trinajstić information content (AvgIpc) is 3.55. The molecule has 2 fully saturated rings. The van der Waals surface area contributed by atoms with Gasteiger partial charge < -0.3 is 64.2 Å². The summed E-state index contributed by atoms with van der Waals surface area (Å²) >= 11 is 0. The Morgan fingerprint density at radius 2 is 1.34 bits per heavy atom. The number of hydrogen-bond donors (Lipinski definition) is 11. The Morgan fingerprint density at radius 1 is 0.763 bits per heavy atom. The van der Waals surface area contributed by atoms with E-state index in [1.165, 1.54) is 0 Å². The minimum absolute atomic E-state index is 0.214. The third-order valence-corrected chi connectivity index (χ3v) is 10.9. The first-order chi connectivity index (χ1) is 27.7. The molecule has 27 heteroatoms. The van der Waals surface area contributed by atoms with Crippen molar-refractivity contribution in [3.63, 3.8) is 0 Å². The van der Waals surface area contributed by atoms with Crippen molar-refractivity contribution in [3.8, 4) is 0 Å². The van der Waals surface area contributed by atoms with Gasteiger partial charge in [0.2, 0.25) is 53.2 Å². The summed E-state index contributed by atoms with van der Waals surface area (Å²) < 4.78 is 41.8. The van der Waals surface area contributed by atoms with Gasteiger partial charge in [-0.2, -0.15) is 0 Å². The van der Waals surface area contributed by atoms with Gasteiger partial charge in [-0.15, -0.1) is 0 Å². The van der Waals surface area contributed by atoms with Gasteiger partial charge in [0.1, 0.15) is 30.2 Å². The number of aliphatic carboxylic acids is 1. The highest BCUT2D eigenvalue weighted by Crippen LogP contribution is 2.23. The minimum Gasteiger partial charge on any atom is -0.481 e. The molecule has 59 heavy (non-hydrogen) atoms. The molecule has 22 nitrogen and oxygen atoms in total. The molecule has 9 amide bonds. The highest BCUT2D eigenvalue weighted by Gasteiger charge is 2.41. The van der Waals surface area contributed by atoms with Gasteiger partial charge in [0, 0.05) is 30.9 Å². The number of benzene rings is 1. The Hall–Kier alpha value is -5.67. The van der Waals surface area contributed by atoms with Crippen molar-refractivity contribution in [3.05, 3.63) is 35.1 Å². The first-order valence-electron chi connectivity index (χ1n) is 17.3. The van der Waals surface area contributed by atoms with E-state index in [0.29, 0.717) is 12.1 Å². The fourth-order valence-electron chi connectivity index (χ4n) is 5.55. The number of carboxylic acids is 1. The molecule has 0 spiro atoms. The Balaban J connectivity index is 1.95. The molecule has 0 aliphatic carbocycles. The van der Waals surface area contributed by atoms with Gasteiger partial charge in [0.25, 0.3) is 0 Å². The number of amides is 9. The lowest BCUT2D eigenvalue weighted by molar-refractivity contribution is -0.141. The molecule has 324 valence electrons. The first-order valence-corrected chi connectivity index (χ1v) is 19.8. The molecular formula is C32H41F3N10O12S2. The number of carboxylic acid groups (broad SMARTS) is 1. The number of halogens is 3. The molecule has 2 aliphatic rings. The lowest BCUT2D eigenvalue weighted by atomic mass is 10.0. The maximum atomic E-state index is 14.1. The largest absolute Gasteiger partial charge is 0.481 e. The predicted molar refractivity (Wildman–Crippen MR) is 198 cm³/mol. The monoisotopic (exact) mass is 878 g/mol. The molecule has 0 radical (unpaired) electrons. The number of aliphatic hydroxyl groups is 1. The van der Waals surface area contributed by atoms with Gasteiger partial charge in [0.15, 0.2) is 17.5 Å². The number of carbonyl (C=O) groups is 10. The SMILES string of the molecule is NC(=O)C[C@@H]1NC(=O)[C@@H]2C[C@@H](O)CN2C(=O)CNC(=O)[C@H](Cc2cc(F)c(F)c(F)c2)NC(=O)CNC(=O)[C@@H](CC(=O)O)NC(=O)[C@H](N)CSSC[C@H](C(N)=O)NC1=O. The zero-order chi connectivity index (χ0) is 44.1. The summed E-state index contributed by atoms with van der Waals surface area (Å²) in [5.41, 5.74) is 16.2. The van der Waals surface area contributed by atoms with E-state index in [2.05, 4.69) is 31.9 Å². The van der Waals surface area contributed by atoms with Crippen molar-refractivity contribution >= 4 is 80.7 Å². The number of hydrogen-bond acceptors (Lipinski definition) is 14. The van der Waals surface area contributed by atoms with Crippen LogP contribution in [-0.2, 0) is 54.4 Å². The van der Waals surface area contributed by atoms with Crippen molar-refractivity contribution in [1.29, 1.82) is 0 Å². The molecule has 0 bridgehead atoms. The Morgan fingerprint density at radius 3 is 1.95 bits per heavy atom. The molecule has 2 aliphatic heterocycles. The molecule has 1 aromatic rings. The molecule has 14 N–H and O–H groups in total. The zero-order valence-electron chi connectivity index (χ0n) is 30.7. The number of aliphatic hydroxyl groups excluding tert-OH is 1. The lowest BCUT2D eigenvalue weighted by Crippen LogP contribution is -2.58. The van der Waals surface area contributed by atoms with Crippen molar-refractivity contribution in [1.82, 2.24) is 36.8 Å². The van der Waals surface area contributed by atoms with E-state index >= 15 is 0 Å². The summed E-state index contributed by atoms with van der Waals surface area (Å²) in [5.74, 6) is -17.0. The van der Waals surface area contributed by atoms with Crippen LogP contribution in [0.25, 0.3) is 0 Å². The molecule has 3 rings (SSSR count). The standard InChI is InChI=1S/C32H41F3N10O12S2/c33-14-1-12(2-15(34)26(14)35)3-17-29(54)40-8-24(49)45-9-13(46)4-21(45)32(57)43-18(5-22(37)47)31(56)44-20(27(38)52)11-59-58-10-16(36)28(53)42-19(6-25(50)51)30(55)39-7-23(48)41-17/h1-2,13,16-21,46H,3-11,36H2,(H2,37,47)(H2,38,52)(H,39,55)(H,40,54)(H,41,48)(H,42,53)(H,43,57)(H,44,56)(H,50,51)/t13-,16-,17+,18+,19-,20-,21+/m1/s1. The van der Waals surface area contributed by atoms with E-state index in [-0.39, 0.29) is 23.5 Å². The maximum absolute atomic E-state index is 14.1. The van der Waals surface area contributed by atoms with Gasteiger partial charge >= 0.3 is 5.97 Å². The third-order valence-electron chi connectivity index (χ3n) is 8.49. The first kappa shape index (κ1) is 47.7. The fraction of sp³-hybridized carbons (Fsp3) is 0.500. The quantitative estimate of drug-likeness (QED) is 0.0899. The highest BCUT2D eigenvalue weighted by atomic mass is 33.1. The molecule has 0 saturated carbocycles. The van der Waals surface area contributed by atoms with Crippen LogP contribution >= 0.6 is 21.6 Å². The van der Waals surface area contributed by atoms with Crippen molar-refractivity contribution < 1.29 is 71.3 Å². The minimum atomic E-state index is -1.83. The van der Waals surface area contributed by atoms with E-state index in [1.807, 2.05) is 0 Å². The molecule has 7 atom stereocenters.